The summed E-state index contributed by atoms with van der Waals surface area (Å²) >= 11 is 0. The highest BCUT2D eigenvalue weighted by atomic mass is 35.5. The molecule has 2 heterocycles. The van der Waals surface area contributed by atoms with Crippen molar-refractivity contribution in [2.24, 2.45) is 13.0 Å². The summed E-state index contributed by atoms with van der Waals surface area (Å²) in [5.41, 5.74) is 0.647. The van der Waals surface area contributed by atoms with Crippen molar-refractivity contribution >= 4 is 18.3 Å². The predicted octanol–water partition coefficient (Wildman–Crippen LogP) is 3.01. The van der Waals surface area contributed by atoms with Crippen LogP contribution in [-0.2, 0) is 23.4 Å². The van der Waals surface area contributed by atoms with Crippen LogP contribution in [0.2, 0.25) is 0 Å². The summed E-state index contributed by atoms with van der Waals surface area (Å²) in [6.07, 6.45) is 0.904. The first-order valence-electron chi connectivity index (χ1n) is 9.43. The third kappa shape index (κ3) is 4.43. The van der Waals surface area contributed by atoms with E-state index >= 15 is 0 Å². The normalized spacial score (nSPS) is 22.8. The summed E-state index contributed by atoms with van der Waals surface area (Å²) in [5.74, 6) is -0.212. The molecule has 0 unspecified atom stereocenters. The zero-order valence-corrected chi connectivity index (χ0v) is 16.8. The lowest BCUT2D eigenvalue weighted by molar-refractivity contribution is -0.137. The highest BCUT2D eigenvalue weighted by molar-refractivity contribution is 5.85. The van der Waals surface area contributed by atoms with Gasteiger partial charge in [0.2, 0.25) is 5.91 Å². The molecule has 158 valence electrons. The molecule has 1 aromatic carbocycles. The molecule has 0 bridgehead atoms. The van der Waals surface area contributed by atoms with Crippen LogP contribution in [0.5, 0.6) is 0 Å². The fourth-order valence-corrected chi connectivity index (χ4v) is 4.07. The number of rotatable bonds is 5. The summed E-state index contributed by atoms with van der Waals surface area (Å²) in [4.78, 5) is 12.8. The van der Waals surface area contributed by atoms with Gasteiger partial charge in [-0.3, -0.25) is 9.48 Å². The molecule has 2 aliphatic rings. The summed E-state index contributed by atoms with van der Waals surface area (Å²) in [7, 11) is 1.84. The van der Waals surface area contributed by atoms with Gasteiger partial charge < -0.3 is 10.6 Å². The van der Waals surface area contributed by atoms with Crippen LogP contribution in [-0.4, -0.2) is 35.3 Å². The minimum absolute atomic E-state index is 0. The first-order valence-corrected chi connectivity index (χ1v) is 9.43. The number of aryl methyl sites for hydroxylation is 1. The van der Waals surface area contributed by atoms with Crippen molar-refractivity contribution in [3.63, 3.8) is 0 Å². The summed E-state index contributed by atoms with van der Waals surface area (Å²) in [6, 6.07) is 5.47. The number of alkyl halides is 3. The summed E-state index contributed by atoms with van der Waals surface area (Å²) in [6.45, 7) is 1.66. The van der Waals surface area contributed by atoms with Gasteiger partial charge in [-0.2, -0.15) is 18.3 Å². The van der Waals surface area contributed by atoms with Crippen molar-refractivity contribution in [1.29, 1.82) is 0 Å². The van der Waals surface area contributed by atoms with Crippen LogP contribution in [0.3, 0.4) is 0 Å². The fourth-order valence-electron chi connectivity index (χ4n) is 4.07. The SMILES string of the molecule is Cl.Cn1cc([C@H]2CNC[C@@H]2C(=O)NCC2(c3cccc(C(F)(F)F)c3)CC2)cn1. The molecule has 4 rings (SSSR count). The maximum absolute atomic E-state index is 13.0. The van der Waals surface area contributed by atoms with Crippen LogP contribution in [0.25, 0.3) is 0 Å². The van der Waals surface area contributed by atoms with Crippen LogP contribution >= 0.6 is 12.4 Å². The maximum atomic E-state index is 13.0. The van der Waals surface area contributed by atoms with E-state index in [4.69, 9.17) is 0 Å². The van der Waals surface area contributed by atoms with E-state index in [0.717, 1.165) is 24.5 Å². The summed E-state index contributed by atoms with van der Waals surface area (Å²) in [5, 5.41) is 10.4. The number of nitrogens with one attached hydrogen (secondary N) is 2. The first-order chi connectivity index (χ1) is 13.3. The number of benzene rings is 1. The lowest BCUT2D eigenvalue weighted by Gasteiger charge is -2.21. The minimum atomic E-state index is -4.36. The van der Waals surface area contributed by atoms with E-state index < -0.39 is 11.7 Å². The quantitative estimate of drug-likeness (QED) is 0.769. The minimum Gasteiger partial charge on any atom is -0.355 e. The Bertz CT molecular complexity index is 879. The van der Waals surface area contributed by atoms with Gasteiger partial charge in [0.15, 0.2) is 0 Å². The molecule has 2 N–H and O–H groups in total. The van der Waals surface area contributed by atoms with Gasteiger partial charge in [0.25, 0.3) is 0 Å². The monoisotopic (exact) mass is 428 g/mol. The third-order valence-electron chi connectivity index (χ3n) is 5.96. The van der Waals surface area contributed by atoms with E-state index in [2.05, 4.69) is 15.7 Å². The lowest BCUT2D eigenvalue weighted by Crippen LogP contribution is -2.38. The first kappa shape index (κ1) is 21.6. The number of carbonyl (C=O) groups excluding carboxylic acids is 1. The molecule has 1 amide bonds. The van der Waals surface area contributed by atoms with Crippen molar-refractivity contribution in [2.75, 3.05) is 19.6 Å². The predicted molar refractivity (Wildman–Crippen MR) is 105 cm³/mol. The highest BCUT2D eigenvalue weighted by Crippen LogP contribution is 2.48. The van der Waals surface area contributed by atoms with Crippen molar-refractivity contribution < 1.29 is 18.0 Å². The van der Waals surface area contributed by atoms with Gasteiger partial charge in [-0.05, 0) is 30.0 Å². The van der Waals surface area contributed by atoms with Gasteiger partial charge >= 0.3 is 6.18 Å². The number of amides is 1. The van der Waals surface area contributed by atoms with Gasteiger partial charge in [-0.1, -0.05) is 18.2 Å². The second kappa shape index (κ2) is 7.99. The van der Waals surface area contributed by atoms with Crippen LogP contribution in [0.1, 0.15) is 35.4 Å². The average molecular weight is 429 g/mol. The Labute approximate surface area is 173 Å². The number of nitrogens with zero attached hydrogens (tertiary/aromatic N) is 2. The van der Waals surface area contributed by atoms with E-state index in [1.54, 1.807) is 16.9 Å². The molecule has 0 radical (unpaired) electrons. The molecule has 5 nitrogen and oxygen atoms in total. The fraction of sp³-hybridized carbons (Fsp3) is 0.500. The molecule has 2 atom stereocenters. The number of aromatic nitrogens is 2. The van der Waals surface area contributed by atoms with Gasteiger partial charge in [0, 0.05) is 44.2 Å². The zero-order chi connectivity index (χ0) is 19.9. The molecular weight excluding hydrogens is 405 g/mol. The van der Waals surface area contributed by atoms with Crippen molar-refractivity contribution in [3.05, 3.63) is 53.3 Å². The smallest absolute Gasteiger partial charge is 0.355 e. The number of hydrogen-bond acceptors (Lipinski definition) is 3. The molecule has 2 fully saturated rings. The number of halogens is 4. The van der Waals surface area contributed by atoms with E-state index in [9.17, 15) is 18.0 Å². The van der Waals surface area contributed by atoms with Gasteiger partial charge in [-0.15, -0.1) is 12.4 Å². The highest BCUT2D eigenvalue weighted by Gasteiger charge is 2.46. The van der Waals surface area contributed by atoms with E-state index in [1.807, 2.05) is 13.2 Å². The molecular formula is C20H24ClF3N4O. The number of carbonyl (C=O) groups is 1. The molecule has 0 spiro atoms. The Hall–Kier alpha value is -2.06. The molecule has 1 saturated carbocycles. The number of hydrogen-bond donors (Lipinski definition) is 2. The van der Waals surface area contributed by atoms with Gasteiger partial charge in [-0.25, -0.2) is 0 Å². The second-order valence-electron chi connectivity index (χ2n) is 7.90. The van der Waals surface area contributed by atoms with E-state index in [0.29, 0.717) is 25.2 Å². The molecule has 1 aliphatic heterocycles. The van der Waals surface area contributed by atoms with Crippen molar-refractivity contribution in [2.45, 2.75) is 30.4 Å². The Morgan fingerprint density at radius 1 is 1.34 bits per heavy atom. The molecule has 1 saturated heterocycles. The van der Waals surface area contributed by atoms with E-state index in [1.165, 1.54) is 12.1 Å². The Morgan fingerprint density at radius 3 is 2.72 bits per heavy atom. The standard InChI is InChI=1S/C20H23F3N4O.ClH/c1-27-11-13(8-26-27)16-9-24-10-17(16)18(28)25-12-19(5-6-19)14-3-2-4-15(7-14)20(21,22)23;/h2-4,7-8,11,16-17,24H,5-6,9-10,12H2,1H3,(H,25,28);1H/t16-,17+;/m1./s1. The van der Waals surface area contributed by atoms with Crippen LogP contribution in [0.15, 0.2) is 36.7 Å². The van der Waals surface area contributed by atoms with Crippen LogP contribution in [0, 0.1) is 5.92 Å². The molecule has 9 heteroatoms. The molecule has 2 aromatic rings. The van der Waals surface area contributed by atoms with Gasteiger partial charge in [0.05, 0.1) is 17.7 Å². The third-order valence-corrected chi connectivity index (χ3v) is 5.96. The Balaban J connectivity index is 0.00000240. The maximum Gasteiger partial charge on any atom is 0.416 e. The topological polar surface area (TPSA) is 59.0 Å². The molecule has 1 aliphatic carbocycles. The van der Waals surface area contributed by atoms with Crippen LogP contribution < -0.4 is 10.6 Å². The molecule has 1 aromatic heterocycles. The molecule has 29 heavy (non-hydrogen) atoms. The largest absolute Gasteiger partial charge is 0.416 e. The second-order valence-corrected chi connectivity index (χ2v) is 7.90. The lowest BCUT2D eigenvalue weighted by atomic mass is 9.89. The zero-order valence-electron chi connectivity index (χ0n) is 16.0. The van der Waals surface area contributed by atoms with Gasteiger partial charge in [0.1, 0.15) is 0 Å². The van der Waals surface area contributed by atoms with Crippen molar-refractivity contribution in [1.82, 2.24) is 20.4 Å². The Kier molecular flexibility index (Phi) is 5.96. The average Bonchev–Trinajstić information content (AvgIpc) is 3.07. The van der Waals surface area contributed by atoms with Crippen molar-refractivity contribution in [3.8, 4) is 0 Å². The summed E-state index contributed by atoms with van der Waals surface area (Å²) < 4.78 is 40.8. The van der Waals surface area contributed by atoms with E-state index in [-0.39, 0.29) is 35.6 Å². The van der Waals surface area contributed by atoms with Crippen LogP contribution in [0.4, 0.5) is 13.2 Å². The Morgan fingerprint density at radius 2 is 2.10 bits per heavy atom.